The molecule has 0 bridgehead atoms. The summed E-state index contributed by atoms with van der Waals surface area (Å²) in [7, 11) is -3.68. The molecule has 3 fully saturated rings. The van der Waals surface area contributed by atoms with E-state index in [9.17, 15) is 18.0 Å². The molecule has 3 aliphatic heterocycles. The van der Waals surface area contributed by atoms with E-state index < -0.39 is 16.0 Å². The summed E-state index contributed by atoms with van der Waals surface area (Å²) < 4.78 is 33.4. The smallest absolute Gasteiger partial charge is 0.340 e. The van der Waals surface area contributed by atoms with Crippen molar-refractivity contribution in [1.29, 1.82) is 0 Å². The number of anilines is 1. The van der Waals surface area contributed by atoms with Gasteiger partial charge < -0.3 is 14.5 Å². The Morgan fingerprint density at radius 3 is 2.00 bits per heavy atom. The van der Waals surface area contributed by atoms with E-state index in [1.165, 1.54) is 16.8 Å². The number of nitrogens with zero attached hydrogens (tertiary/aromatic N) is 3. The number of carbonyl (C=O) groups is 2. The highest BCUT2D eigenvalue weighted by atomic mass is 32.2. The predicted octanol–water partition coefficient (Wildman–Crippen LogP) is 3.41. The van der Waals surface area contributed by atoms with Crippen molar-refractivity contribution in [3.63, 3.8) is 0 Å². The van der Waals surface area contributed by atoms with Crippen molar-refractivity contribution in [3.8, 4) is 0 Å². The normalized spacial score (nSPS) is 20.6. The topological polar surface area (TPSA) is 87.2 Å². The molecule has 3 aliphatic rings. The van der Waals surface area contributed by atoms with E-state index in [1.54, 1.807) is 17.0 Å². The van der Waals surface area contributed by atoms with Gasteiger partial charge in [0.15, 0.2) is 6.61 Å². The van der Waals surface area contributed by atoms with E-state index in [0.29, 0.717) is 31.9 Å². The van der Waals surface area contributed by atoms with Crippen LogP contribution in [0.4, 0.5) is 5.69 Å². The van der Waals surface area contributed by atoms with Gasteiger partial charge in [0.25, 0.3) is 5.91 Å². The molecule has 1 aromatic rings. The molecule has 188 valence electrons. The molecule has 0 saturated carbocycles. The number of benzene rings is 1. The van der Waals surface area contributed by atoms with Crippen LogP contribution in [0, 0.1) is 0 Å². The fourth-order valence-corrected chi connectivity index (χ4v) is 6.66. The number of esters is 1. The van der Waals surface area contributed by atoms with Gasteiger partial charge in [0, 0.05) is 39.3 Å². The van der Waals surface area contributed by atoms with Crippen LogP contribution in [-0.4, -0.2) is 75.4 Å². The number of carbonyl (C=O) groups excluding carboxylic acids is 2. The summed E-state index contributed by atoms with van der Waals surface area (Å²) in [6.45, 7) is 3.69. The predicted molar refractivity (Wildman–Crippen MR) is 130 cm³/mol. The van der Waals surface area contributed by atoms with Crippen molar-refractivity contribution >= 4 is 27.6 Å². The Kier molecular flexibility index (Phi) is 8.47. The number of amides is 1. The maximum absolute atomic E-state index is 13.2. The SMILES string of the molecule is O=C(OCC(=O)N1CCCCCCC1)c1cc(S(=O)(=O)N2CCCCC2)ccc1N1CCCC1. The van der Waals surface area contributed by atoms with Crippen molar-refractivity contribution < 1.29 is 22.7 Å². The Hall–Kier alpha value is -2.13. The number of piperidine rings is 1. The van der Waals surface area contributed by atoms with Crippen molar-refractivity contribution in [2.75, 3.05) is 50.8 Å². The highest BCUT2D eigenvalue weighted by molar-refractivity contribution is 7.89. The molecule has 0 N–H and O–H groups in total. The van der Waals surface area contributed by atoms with Gasteiger partial charge in [-0.15, -0.1) is 0 Å². The minimum absolute atomic E-state index is 0.111. The highest BCUT2D eigenvalue weighted by Gasteiger charge is 2.29. The summed E-state index contributed by atoms with van der Waals surface area (Å²) in [6.07, 6.45) is 10.1. The van der Waals surface area contributed by atoms with Crippen molar-refractivity contribution in [1.82, 2.24) is 9.21 Å². The molecule has 0 spiro atoms. The summed E-state index contributed by atoms with van der Waals surface area (Å²) in [6, 6.07) is 4.76. The van der Waals surface area contributed by atoms with Gasteiger partial charge in [-0.2, -0.15) is 4.31 Å². The Balaban J connectivity index is 1.52. The van der Waals surface area contributed by atoms with Crippen molar-refractivity contribution in [3.05, 3.63) is 23.8 Å². The second kappa shape index (κ2) is 11.5. The zero-order chi connectivity index (χ0) is 24.0. The molecule has 1 aromatic carbocycles. The fraction of sp³-hybridized carbons (Fsp3) is 0.680. The van der Waals surface area contributed by atoms with E-state index in [0.717, 1.165) is 70.9 Å². The third kappa shape index (κ3) is 5.92. The van der Waals surface area contributed by atoms with E-state index in [4.69, 9.17) is 4.74 Å². The van der Waals surface area contributed by atoms with Crippen molar-refractivity contribution in [2.24, 2.45) is 0 Å². The summed E-state index contributed by atoms with van der Waals surface area (Å²) in [4.78, 5) is 29.9. The van der Waals surface area contributed by atoms with E-state index in [2.05, 4.69) is 4.90 Å². The first-order chi connectivity index (χ1) is 16.5. The van der Waals surface area contributed by atoms with E-state index >= 15 is 0 Å². The molecule has 0 aromatic heterocycles. The monoisotopic (exact) mass is 491 g/mol. The minimum Gasteiger partial charge on any atom is -0.452 e. The summed E-state index contributed by atoms with van der Waals surface area (Å²) in [5.74, 6) is -0.826. The standard InChI is InChI=1S/C25H37N3O5S/c29-24(27-15-5-2-1-3-6-16-27)20-33-25(30)22-19-21(11-12-23(22)26-13-9-10-14-26)34(31,32)28-17-7-4-8-18-28/h11-12,19H,1-10,13-18,20H2. The molecule has 0 aliphatic carbocycles. The lowest BCUT2D eigenvalue weighted by Gasteiger charge is -2.27. The first-order valence-electron chi connectivity index (χ1n) is 12.8. The van der Waals surface area contributed by atoms with Gasteiger partial charge in [-0.3, -0.25) is 4.79 Å². The molecule has 34 heavy (non-hydrogen) atoms. The van der Waals surface area contributed by atoms with Crippen LogP contribution in [0.2, 0.25) is 0 Å². The third-order valence-corrected chi connectivity index (χ3v) is 9.02. The van der Waals surface area contributed by atoms with Crippen LogP contribution in [0.1, 0.15) is 74.6 Å². The van der Waals surface area contributed by atoms with Crippen LogP contribution in [-0.2, 0) is 19.6 Å². The van der Waals surface area contributed by atoms with Gasteiger partial charge >= 0.3 is 5.97 Å². The number of hydrogen-bond donors (Lipinski definition) is 0. The van der Waals surface area contributed by atoms with Crippen molar-refractivity contribution in [2.45, 2.75) is 69.1 Å². The summed E-state index contributed by atoms with van der Waals surface area (Å²) >= 11 is 0. The number of ether oxygens (including phenoxy) is 1. The van der Waals surface area contributed by atoms with Crippen LogP contribution in [0.15, 0.2) is 23.1 Å². The average Bonchev–Trinajstić information content (AvgIpc) is 3.37. The second-order valence-electron chi connectivity index (χ2n) is 9.56. The zero-order valence-corrected chi connectivity index (χ0v) is 20.9. The summed E-state index contributed by atoms with van der Waals surface area (Å²) in [5, 5.41) is 0. The second-order valence-corrected chi connectivity index (χ2v) is 11.5. The van der Waals surface area contributed by atoms with Gasteiger partial charge in [-0.05, 0) is 56.7 Å². The first-order valence-corrected chi connectivity index (χ1v) is 14.2. The number of rotatable bonds is 6. The van der Waals surface area contributed by atoms with E-state index in [1.807, 2.05) is 0 Å². The maximum Gasteiger partial charge on any atom is 0.340 e. The van der Waals surface area contributed by atoms with Gasteiger partial charge in [0.05, 0.1) is 16.1 Å². The number of sulfonamides is 1. The molecule has 3 heterocycles. The molecule has 3 saturated heterocycles. The molecule has 0 atom stereocenters. The molecule has 1 amide bonds. The zero-order valence-electron chi connectivity index (χ0n) is 20.0. The van der Waals surface area contributed by atoms with Gasteiger partial charge in [-0.1, -0.05) is 25.7 Å². The van der Waals surface area contributed by atoms with Gasteiger partial charge in [0.1, 0.15) is 0 Å². The molecular formula is C25H37N3O5S. The van der Waals surface area contributed by atoms with Crippen LogP contribution in [0.3, 0.4) is 0 Å². The van der Waals surface area contributed by atoms with Crippen LogP contribution in [0.25, 0.3) is 0 Å². The molecule has 4 rings (SSSR count). The molecule has 0 radical (unpaired) electrons. The lowest BCUT2D eigenvalue weighted by atomic mass is 10.1. The lowest BCUT2D eigenvalue weighted by molar-refractivity contribution is -0.134. The third-order valence-electron chi connectivity index (χ3n) is 7.12. The number of likely N-dealkylation sites (tertiary alicyclic amines) is 1. The minimum atomic E-state index is -3.68. The fourth-order valence-electron chi connectivity index (χ4n) is 5.12. The maximum atomic E-state index is 13.2. The Morgan fingerprint density at radius 1 is 0.765 bits per heavy atom. The largest absolute Gasteiger partial charge is 0.452 e. The summed E-state index contributed by atoms with van der Waals surface area (Å²) in [5.41, 5.74) is 0.902. The highest BCUT2D eigenvalue weighted by Crippen LogP contribution is 2.30. The first kappa shape index (κ1) is 25.0. The number of hydrogen-bond acceptors (Lipinski definition) is 6. The molecule has 8 nitrogen and oxygen atoms in total. The quantitative estimate of drug-likeness (QED) is 0.567. The molecule has 0 unspecified atom stereocenters. The Labute approximate surface area is 203 Å². The van der Waals surface area contributed by atoms with Gasteiger partial charge in [0.2, 0.25) is 10.0 Å². The lowest BCUT2D eigenvalue weighted by Crippen LogP contribution is -2.37. The molecular weight excluding hydrogens is 454 g/mol. The van der Waals surface area contributed by atoms with Crippen LogP contribution >= 0.6 is 0 Å². The van der Waals surface area contributed by atoms with Crippen LogP contribution in [0.5, 0.6) is 0 Å². The Bertz CT molecular complexity index is 961. The van der Waals surface area contributed by atoms with E-state index in [-0.39, 0.29) is 23.0 Å². The average molecular weight is 492 g/mol. The molecule has 9 heteroatoms. The van der Waals surface area contributed by atoms with Crippen LogP contribution < -0.4 is 4.90 Å². The van der Waals surface area contributed by atoms with Gasteiger partial charge in [-0.25, -0.2) is 13.2 Å². The Morgan fingerprint density at radius 2 is 1.32 bits per heavy atom.